The first-order chi connectivity index (χ1) is 18.4. The third kappa shape index (κ3) is 6.67. The lowest BCUT2D eigenvalue weighted by atomic mass is 9.79. The number of hydrogen-bond acceptors (Lipinski definition) is 1. The Morgan fingerprint density at radius 3 is 2.18 bits per heavy atom. The van der Waals surface area contributed by atoms with E-state index in [-0.39, 0.29) is 22.8 Å². The summed E-state index contributed by atoms with van der Waals surface area (Å²) < 4.78 is 64.4. The zero-order chi connectivity index (χ0) is 27.1. The molecule has 1 aliphatic rings. The summed E-state index contributed by atoms with van der Waals surface area (Å²) in [4.78, 5) is 0. The molecular formula is C33H36F4O. The minimum atomic E-state index is -0.995. The topological polar surface area (TPSA) is 9.23 Å². The summed E-state index contributed by atoms with van der Waals surface area (Å²) in [6.45, 7) is 4.66. The van der Waals surface area contributed by atoms with E-state index >= 15 is 0 Å². The lowest BCUT2D eigenvalue weighted by Crippen LogP contribution is -2.13. The molecule has 1 nitrogen and oxygen atoms in total. The van der Waals surface area contributed by atoms with Gasteiger partial charge in [0.25, 0.3) is 0 Å². The molecule has 5 heteroatoms. The molecule has 0 spiro atoms. The van der Waals surface area contributed by atoms with Crippen LogP contribution in [0, 0.1) is 29.2 Å². The normalized spacial score (nSPS) is 17.7. The van der Waals surface area contributed by atoms with Crippen molar-refractivity contribution in [2.24, 2.45) is 5.92 Å². The Balaban J connectivity index is 1.43. The summed E-state index contributed by atoms with van der Waals surface area (Å²) in [5.74, 6) is -2.91. The van der Waals surface area contributed by atoms with E-state index in [0.717, 1.165) is 56.9 Å². The van der Waals surface area contributed by atoms with Gasteiger partial charge in [0.1, 0.15) is 0 Å². The summed E-state index contributed by atoms with van der Waals surface area (Å²) in [5.41, 5.74) is 2.02. The third-order valence-corrected chi connectivity index (χ3v) is 7.58. The van der Waals surface area contributed by atoms with Crippen molar-refractivity contribution in [1.82, 2.24) is 0 Å². The Bertz CT molecular complexity index is 1240. The van der Waals surface area contributed by atoms with Crippen LogP contribution in [0.1, 0.15) is 87.8 Å². The maximum atomic E-state index is 14.8. The molecule has 0 unspecified atom stereocenters. The highest BCUT2D eigenvalue weighted by atomic mass is 19.2. The maximum Gasteiger partial charge on any atom is 0.201 e. The molecule has 0 amide bonds. The molecule has 0 aliphatic heterocycles. The van der Waals surface area contributed by atoms with Crippen LogP contribution in [-0.2, 0) is 0 Å². The van der Waals surface area contributed by atoms with Gasteiger partial charge in [0, 0.05) is 11.1 Å². The van der Waals surface area contributed by atoms with Crippen LogP contribution in [0.15, 0.2) is 48.5 Å². The average Bonchev–Trinajstić information content (AvgIpc) is 2.93. The summed E-state index contributed by atoms with van der Waals surface area (Å²) in [7, 11) is 0. The van der Waals surface area contributed by atoms with Gasteiger partial charge in [-0.25, -0.2) is 13.2 Å². The molecule has 0 saturated heterocycles. The molecule has 0 bridgehead atoms. The van der Waals surface area contributed by atoms with E-state index in [1.54, 1.807) is 42.5 Å². The van der Waals surface area contributed by atoms with E-state index in [9.17, 15) is 17.6 Å². The van der Waals surface area contributed by atoms with E-state index in [0.29, 0.717) is 23.7 Å². The summed E-state index contributed by atoms with van der Waals surface area (Å²) in [6.07, 6.45) is 11.0. The molecule has 202 valence electrons. The summed E-state index contributed by atoms with van der Waals surface area (Å²) in [6, 6.07) is 13.1. The van der Waals surface area contributed by atoms with Crippen LogP contribution in [0.2, 0.25) is 0 Å². The second-order valence-electron chi connectivity index (χ2n) is 10.4. The van der Waals surface area contributed by atoms with Gasteiger partial charge < -0.3 is 4.74 Å². The molecule has 1 aliphatic carbocycles. The number of halogens is 4. The van der Waals surface area contributed by atoms with Crippen LogP contribution in [0.25, 0.3) is 23.3 Å². The van der Waals surface area contributed by atoms with Crippen molar-refractivity contribution in [3.8, 4) is 16.9 Å². The van der Waals surface area contributed by atoms with Gasteiger partial charge in [-0.1, -0.05) is 94.5 Å². The molecule has 0 atom stereocenters. The van der Waals surface area contributed by atoms with Crippen molar-refractivity contribution in [3.05, 3.63) is 88.5 Å². The minimum absolute atomic E-state index is 0.0722. The van der Waals surface area contributed by atoms with Crippen molar-refractivity contribution in [1.29, 1.82) is 0 Å². The number of hydrogen-bond donors (Lipinski definition) is 0. The molecular weight excluding hydrogens is 488 g/mol. The van der Waals surface area contributed by atoms with Crippen LogP contribution < -0.4 is 4.74 Å². The predicted octanol–water partition coefficient (Wildman–Crippen LogP) is 10.3. The van der Waals surface area contributed by atoms with Gasteiger partial charge >= 0.3 is 0 Å². The number of benzene rings is 3. The van der Waals surface area contributed by atoms with Gasteiger partial charge in [0.15, 0.2) is 23.2 Å². The van der Waals surface area contributed by atoms with Crippen LogP contribution in [-0.4, -0.2) is 6.61 Å². The molecule has 38 heavy (non-hydrogen) atoms. The van der Waals surface area contributed by atoms with E-state index in [1.165, 1.54) is 18.2 Å². The van der Waals surface area contributed by atoms with E-state index in [4.69, 9.17) is 4.74 Å². The van der Waals surface area contributed by atoms with Crippen LogP contribution in [0.4, 0.5) is 17.6 Å². The van der Waals surface area contributed by atoms with E-state index in [2.05, 4.69) is 13.8 Å². The van der Waals surface area contributed by atoms with Gasteiger partial charge in [-0.15, -0.1) is 0 Å². The van der Waals surface area contributed by atoms with Gasteiger partial charge in [-0.2, -0.15) is 4.39 Å². The molecule has 1 fully saturated rings. The van der Waals surface area contributed by atoms with E-state index < -0.39 is 23.3 Å². The van der Waals surface area contributed by atoms with Crippen molar-refractivity contribution < 1.29 is 22.3 Å². The highest BCUT2D eigenvalue weighted by Gasteiger charge is 2.24. The lowest BCUT2D eigenvalue weighted by molar-refractivity contribution is 0.285. The smallest absolute Gasteiger partial charge is 0.201 e. The fourth-order valence-electron chi connectivity index (χ4n) is 5.13. The zero-order valence-corrected chi connectivity index (χ0v) is 22.2. The quantitative estimate of drug-likeness (QED) is 0.146. The number of unbranched alkanes of at least 4 members (excludes halogenated alkanes) is 3. The van der Waals surface area contributed by atoms with Crippen LogP contribution >= 0.6 is 0 Å². The molecule has 0 aromatic heterocycles. The molecule has 3 aromatic rings. The second kappa shape index (κ2) is 13.1. The Labute approximate surface area is 223 Å². The maximum absolute atomic E-state index is 14.8. The van der Waals surface area contributed by atoms with Gasteiger partial charge in [0.05, 0.1) is 6.61 Å². The van der Waals surface area contributed by atoms with Gasteiger partial charge in [0.2, 0.25) is 5.82 Å². The molecule has 1 saturated carbocycles. The third-order valence-electron chi connectivity index (χ3n) is 7.58. The van der Waals surface area contributed by atoms with Gasteiger partial charge in [-0.3, -0.25) is 0 Å². The molecule has 0 radical (unpaired) electrons. The average molecular weight is 525 g/mol. The largest absolute Gasteiger partial charge is 0.490 e. The molecule has 3 aromatic carbocycles. The first kappa shape index (κ1) is 27.9. The minimum Gasteiger partial charge on any atom is -0.490 e. The van der Waals surface area contributed by atoms with Crippen LogP contribution in [0.3, 0.4) is 0 Å². The monoisotopic (exact) mass is 524 g/mol. The fraction of sp³-hybridized carbons (Fsp3) is 0.394. The molecule has 4 rings (SSSR count). The lowest BCUT2D eigenvalue weighted by Gasteiger charge is -2.27. The predicted molar refractivity (Wildman–Crippen MR) is 147 cm³/mol. The zero-order valence-electron chi connectivity index (χ0n) is 22.2. The standard InChI is InChI=1S/C33H36F4O/c1-3-4-5-6-21-38-29-20-19-28(32(36)33(29)37)25-14-9-23(10-15-25)11-16-26-17-18-27(31(35)30(26)34)24-12-7-22(2)8-13-24/h9-11,14-20,22,24H,3-8,12-13,21H2,1-2H3/b16-11+. The highest BCUT2D eigenvalue weighted by Crippen LogP contribution is 2.37. The Morgan fingerprint density at radius 2 is 1.47 bits per heavy atom. The first-order valence-corrected chi connectivity index (χ1v) is 13.8. The Morgan fingerprint density at radius 1 is 0.737 bits per heavy atom. The number of rotatable bonds is 10. The van der Waals surface area contributed by atoms with Crippen LogP contribution in [0.5, 0.6) is 5.75 Å². The Kier molecular flexibility index (Phi) is 9.65. The Hall–Kier alpha value is -3.08. The van der Waals surface area contributed by atoms with Crippen molar-refractivity contribution in [2.45, 2.75) is 71.1 Å². The van der Waals surface area contributed by atoms with Crippen molar-refractivity contribution >= 4 is 12.2 Å². The molecule has 0 heterocycles. The highest BCUT2D eigenvalue weighted by molar-refractivity contribution is 5.73. The summed E-state index contributed by atoms with van der Waals surface area (Å²) >= 11 is 0. The molecule has 0 N–H and O–H groups in total. The van der Waals surface area contributed by atoms with E-state index in [1.807, 2.05) is 0 Å². The fourth-order valence-corrected chi connectivity index (χ4v) is 5.13. The van der Waals surface area contributed by atoms with Gasteiger partial charge in [-0.05, 0) is 59.9 Å². The van der Waals surface area contributed by atoms with Crippen molar-refractivity contribution in [3.63, 3.8) is 0 Å². The first-order valence-electron chi connectivity index (χ1n) is 13.8. The second-order valence-corrected chi connectivity index (χ2v) is 10.4. The number of ether oxygens (including phenoxy) is 1. The summed E-state index contributed by atoms with van der Waals surface area (Å²) in [5, 5.41) is 0. The SMILES string of the molecule is CCCCCCOc1ccc(-c2ccc(/C=C/c3ccc(C4CCC(C)CC4)c(F)c3F)cc2)c(F)c1F. The van der Waals surface area contributed by atoms with Crippen molar-refractivity contribution in [2.75, 3.05) is 6.61 Å².